The van der Waals surface area contributed by atoms with Crippen LogP contribution < -0.4 is 0 Å². The molecule has 0 unspecified atom stereocenters. The van der Waals surface area contributed by atoms with E-state index in [1.807, 2.05) is 16.7 Å². The maximum atomic E-state index is 5.35. The number of allylic oxidation sites excluding steroid dienone is 1. The van der Waals surface area contributed by atoms with E-state index in [0.717, 1.165) is 23.7 Å². The lowest BCUT2D eigenvalue weighted by molar-refractivity contribution is 0.00646. The van der Waals surface area contributed by atoms with Gasteiger partial charge in [0.2, 0.25) is 5.96 Å². The molecule has 174 valence electrons. The van der Waals surface area contributed by atoms with Gasteiger partial charge < -0.3 is 38.2 Å². The molecule has 0 atom stereocenters. The molecule has 0 spiro atoms. The summed E-state index contributed by atoms with van der Waals surface area (Å²) in [6, 6.07) is 0. The molecular formula is C19H37N5O6. The maximum Gasteiger partial charge on any atom is 0.232 e. The van der Waals surface area contributed by atoms with Gasteiger partial charge in [0.1, 0.15) is 52.0 Å². The minimum atomic E-state index is 0.263. The largest absolute Gasteiger partial charge is 0.364 e. The van der Waals surface area contributed by atoms with E-state index < -0.39 is 0 Å². The molecule has 0 saturated carbocycles. The van der Waals surface area contributed by atoms with Crippen molar-refractivity contribution in [3.05, 3.63) is 11.4 Å². The lowest BCUT2D eigenvalue weighted by Gasteiger charge is -2.31. The van der Waals surface area contributed by atoms with Gasteiger partial charge in [-0.05, 0) is 18.9 Å². The number of ether oxygens (including phenoxy) is 6. The van der Waals surface area contributed by atoms with Gasteiger partial charge in [-0.15, -0.1) is 0 Å². The Kier molecular flexibility index (Phi) is 13.2. The highest BCUT2D eigenvalue weighted by atomic mass is 16.5. The van der Waals surface area contributed by atoms with Crippen LogP contribution in [0.25, 0.3) is 0 Å². The van der Waals surface area contributed by atoms with E-state index in [-0.39, 0.29) is 13.5 Å². The van der Waals surface area contributed by atoms with Crippen LogP contribution in [0.5, 0.6) is 0 Å². The SMILES string of the molecule is COCN(COC)C1=NC(N(COC)COC)=N/C(N(COC)COC)=C(/C)CC1. The summed E-state index contributed by atoms with van der Waals surface area (Å²) in [6.45, 7) is 3.94. The van der Waals surface area contributed by atoms with Gasteiger partial charge in [0.15, 0.2) is 0 Å². The Hall–Kier alpha value is -1.76. The minimum Gasteiger partial charge on any atom is -0.364 e. The molecule has 1 aliphatic heterocycles. The summed E-state index contributed by atoms with van der Waals surface area (Å²) in [5, 5.41) is 0. The van der Waals surface area contributed by atoms with E-state index in [0.29, 0.717) is 39.3 Å². The topological polar surface area (TPSA) is 89.8 Å². The lowest BCUT2D eigenvalue weighted by Crippen LogP contribution is -2.40. The van der Waals surface area contributed by atoms with Gasteiger partial charge >= 0.3 is 0 Å². The molecule has 0 aliphatic carbocycles. The Morgan fingerprint density at radius 2 is 1.03 bits per heavy atom. The third-order valence-electron chi connectivity index (χ3n) is 4.20. The second-order valence-electron chi connectivity index (χ2n) is 6.67. The van der Waals surface area contributed by atoms with Crippen molar-refractivity contribution >= 4 is 11.8 Å². The minimum absolute atomic E-state index is 0.263. The van der Waals surface area contributed by atoms with Crippen LogP contribution in [-0.2, 0) is 28.4 Å². The lowest BCUT2D eigenvalue weighted by atomic mass is 10.1. The molecule has 0 aromatic rings. The van der Waals surface area contributed by atoms with Crippen LogP contribution in [-0.4, -0.2) is 110 Å². The average molecular weight is 432 g/mol. The summed E-state index contributed by atoms with van der Waals surface area (Å²) in [5.74, 6) is 2.01. The first kappa shape index (κ1) is 26.3. The van der Waals surface area contributed by atoms with E-state index in [2.05, 4.69) is 0 Å². The van der Waals surface area contributed by atoms with E-state index in [9.17, 15) is 0 Å². The Bertz CT molecular complexity index is 566. The van der Waals surface area contributed by atoms with Crippen LogP contribution in [0, 0.1) is 0 Å². The summed E-state index contributed by atoms with van der Waals surface area (Å²) in [4.78, 5) is 15.4. The van der Waals surface area contributed by atoms with Crippen molar-refractivity contribution in [3.8, 4) is 0 Å². The highest BCUT2D eigenvalue weighted by Gasteiger charge is 2.22. The van der Waals surface area contributed by atoms with Crippen LogP contribution in [0.1, 0.15) is 19.8 Å². The molecule has 0 bridgehead atoms. The van der Waals surface area contributed by atoms with Crippen molar-refractivity contribution in [2.45, 2.75) is 19.8 Å². The van der Waals surface area contributed by atoms with Crippen molar-refractivity contribution in [1.29, 1.82) is 0 Å². The van der Waals surface area contributed by atoms with Gasteiger partial charge in [0.25, 0.3) is 0 Å². The fourth-order valence-corrected chi connectivity index (χ4v) is 2.94. The van der Waals surface area contributed by atoms with Gasteiger partial charge in [0.05, 0.1) is 0 Å². The summed E-state index contributed by atoms with van der Waals surface area (Å²) < 4.78 is 32.0. The molecule has 0 saturated heterocycles. The highest BCUT2D eigenvalue weighted by molar-refractivity contribution is 5.96. The van der Waals surface area contributed by atoms with E-state index >= 15 is 0 Å². The maximum absolute atomic E-state index is 5.35. The number of nitrogens with zero attached hydrogens (tertiary/aromatic N) is 5. The second-order valence-corrected chi connectivity index (χ2v) is 6.67. The third-order valence-corrected chi connectivity index (χ3v) is 4.20. The van der Waals surface area contributed by atoms with Crippen molar-refractivity contribution in [1.82, 2.24) is 14.7 Å². The third kappa shape index (κ3) is 8.17. The number of aliphatic imine (C=N–C) groups is 2. The van der Waals surface area contributed by atoms with Crippen molar-refractivity contribution in [2.75, 3.05) is 83.0 Å². The molecule has 30 heavy (non-hydrogen) atoms. The van der Waals surface area contributed by atoms with E-state index in [4.69, 9.17) is 38.4 Å². The fraction of sp³-hybridized carbons (Fsp3) is 0.789. The molecule has 1 heterocycles. The van der Waals surface area contributed by atoms with Crippen LogP contribution >= 0.6 is 0 Å². The molecule has 0 aromatic carbocycles. The molecule has 1 rings (SSSR count). The molecule has 11 heteroatoms. The normalized spacial score (nSPS) is 17.2. The van der Waals surface area contributed by atoms with Gasteiger partial charge in [-0.3, -0.25) is 4.90 Å². The first-order chi connectivity index (χ1) is 14.6. The zero-order chi connectivity index (χ0) is 22.4. The molecule has 0 N–H and O–H groups in total. The quantitative estimate of drug-likeness (QED) is 0.400. The fourth-order valence-electron chi connectivity index (χ4n) is 2.94. The van der Waals surface area contributed by atoms with E-state index in [1.165, 1.54) is 0 Å². The Morgan fingerprint density at radius 3 is 1.50 bits per heavy atom. The van der Waals surface area contributed by atoms with Crippen LogP contribution in [0.4, 0.5) is 0 Å². The molecule has 11 nitrogen and oxygen atoms in total. The van der Waals surface area contributed by atoms with Gasteiger partial charge in [0, 0.05) is 49.1 Å². The monoisotopic (exact) mass is 431 g/mol. The summed E-state index contributed by atoms with van der Waals surface area (Å²) in [7, 11) is 9.78. The molecule has 0 amide bonds. The van der Waals surface area contributed by atoms with E-state index in [1.54, 1.807) is 47.6 Å². The standard InChI is InChI=1S/C19H37N5O6/c1-16-8-9-17(22(10-25-2)11-26-3)20-19(24(14-29-6)15-30-7)21-18(16)23(12-27-4)13-28-5/h8-15H2,1-7H3/b18-16+,20-17?,21-19?. The molecule has 1 aliphatic rings. The molecule has 0 aromatic heterocycles. The summed E-state index contributed by atoms with van der Waals surface area (Å²) in [6.07, 6.45) is 1.44. The van der Waals surface area contributed by atoms with Crippen molar-refractivity contribution < 1.29 is 28.4 Å². The number of amidine groups is 1. The number of methoxy groups -OCH3 is 6. The van der Waals surface area contributed by atoms with Crippen molar-refractivity contribution in [3.63, 3.8) is 0 Å². The highest BCUT2D eigenvalue weighted by Crippen LogP contribution is 2.21. The van der Waals surface area contributed by atoms with Crippen LogP contribution in [0.15, 0.2) is 21.4 Å². The van der Waals surface area contributed by atoms with Crippen molar-refractivity contribution in [2.24, 2.45) is 9.98 Å². The summed E-state index contributed by atoms with van der Waals surface area (Å²) in [5.41, 5.74) is 1.08. The smallest absolute Gasteiger partial charge is 0.232 e. The summed E-state index contributed by atoms with van der Waals surface area (Å²) >= 11 is 0. The number of hydrogen-bond acceptors (Lipinski definition) is 11. The Morgan fingerprint density at radius 1 is 0.600 bits per heavy atom. The second kappa shape index (κ2) is 15.1. The zero-order valence-electron chi connectivity index (χ0n) is 19.3. The zero-order valence-corrected chi connectivity index (χ0v) is 19.3. The first-order valence-corrected chi connectivity index (χ1v) is 9.60. The predicted molar refractivity (Wildman–Crippen MR) is 114 cm³/mol. The van der Waals surface area contributed by atoms with Gasteiger partial charge in [-0.2, -0.15) is 9.98 Å². The van der Waals surface area contributed by atoms with Gasteiger partial charge in [-0.25, -0.2) is 0 Å². The Balaban J connectivity index is 3.48. The predicted octanol–water partition coefficient (Wildman–Crippen LogP) is 1.30. The number of rotatable bonds is 13. The van der Waals surface area contributed by atoms with Crippen LogP contribution in [0.2, 0.25) is 0 Å². The Labute approximate surface area is 179 Å². The van der Waals surface area contributed by atoms with Crippen LogP contribution in [0.3, 0.4) is 0 Å². The average Bonchev–Trinajstić information content (AvgIpc) is 2.71. The molecule has 0 fully saturated rings. The first-order valence-electron chi connectivity index (χ1n) is 9.60. The molecule has 0 radical (unpaired) electrons. The van der Waals surface area contributed by atoms with Gasteiger partial charge in [-0.1, -0.05) is 0 Å². The molecular weight excluding hydrogens is 394 g/mol. The number of guanidine groups is 1. The number of hydrogen-bond donors (Lipinski definition) is 0.